The average Bonchev–Trinajstić information content (AvgIpc) is 2.77. The SMILES string of the molecule is Cc1cc(C)c(C(O)CCc2ccco2)c(F)c1. The first-order valence-electron chi connectivity index (χ1n) is 6.05. The molecule has 1 atom stereocenters. The molecule has 0 aliphatic heterocycles. The topological polar surface area (TPSA) is 33.4 Å². The molecule has 0 spiro atoms. The molecule has 3 heteroatoms. The molecule has 0 aliphatic carbocycles. The first-order valence-corrected chi connectivity index (χ1v) is 6.05. The number of benzene rings is 1. The lowest BCUT2D eigenvalue weighted by molar-refractivity contribution is 0.160. The van der Waals surface area contributed by atoms with Gasteiger partial charge in [0, 0.05) is 12.0 Å². The van der Waals surface area contributed by atoms with Crippen LogP contribution in [0.3, 0.4) is 0 Å². The number of aliphatic hydroxyl groups excluding tert-OH is 1. The van der Waals surface area contributed by atoms with Gasteiger partial charge in [0.1, 0.15) is 11.6 Å². The Kier molecular flexibility index (Phi) is 3.82. The van der Waals surface area contributed by atoms with Crippen LogP contribution in [0.2, 0.25) is 0 Å². The third kappa shape index (κ3) is 2.79. The molecule has 96 valence electrons. The molecule has 0 saturated heterocycles. The lowest BCUT2D eigenvalue weighted by atomic mass is 9.97. The normalized spacial score (nSPS) is 12.7. The van der Waals surface area contributed by atoms with Crippen molar-refractivity contribution in [1.29, 1.82) is 0 Å². The number of hydrogen-bond donors (Lipinski definition) is 1. The van der Waals surface area contributed by atoms with Gasteiger partial charge >= 0.3 is 0 Å². The lowest BCUT2D eigenvalue weighted by Crippen LogP contribution is -2.05. The monoisotopic (exact) mass is 248 g/mol. The van der Waals surface area contributed by atoms with E-state index in [4.69, 9.17) is 4.42 Å². The second-order valence-electron chi connectivity index (χ2n) is 4.61. The minimum absolute atomic E-state index is 0.334. The van der Waals surface area contributed by atoms with Gasteiger partial charge in [0.05, 0.1) is 12.4 Å². The van der Waals surface area contributed by atoms with Crippen LogP contribution in [0.15, 0.2) is 34.9 Å². The molecular weight excluding hydrogens is 231 g/mol. The summed E-state index contributed by atoms with van der Waals surface area (Å²) in [5.74, 6) is 0.471. The lowest BCUT2D eigenvalue weighted by Gasteiger charge is -2.15. The number of halogens is 1. The van der Waals surface area contributed by atoms with Gasteiger partial charge in [0.25, 0.3) is 0 Å². The molecule has 0 fully saturated rings. The Balaban J connectivity index is 2.11. The zero-order valence-corrected chi connectivity index (χ0v) is 10.6. The van der Waals surface area contributed by atoms with Gasteiger partial charge in [-0.3, -0.25) is 0 Å². The van der Waals surface area contributed by atoms with E-state index in [1.54, 1.807) is 12.3 Å². The molecule has 0 amide bonds. The Morgan fingerprint density at radius 1 is 1.33 bits per heavy atom. The summed E-state index contributed by atoms with van der Waals surface area (Å²) in [5.41, 5.74) is 2.05. The molecule has 1 N–H and O–H groups in total. The maximum Gasteiger partial charge on any atom is 0.129 e. The van der Waals surface area contributed by atoms with Crippen LogP contribution >= 0.6 is 0 Å². The van der Waals surface area contributed by atoms with Crippen molar-refractivity contribution in [3.05, 3.63) is 58.8 Å². The van der Waals surface area contributed by atoms with E-state index in [-0.39, 0.29) is 5.82 Å². The van der Waals surface area contributed by atoms with Gasteiger partial charge in [-0.2, -0.15) is 0 Å². The summed E-state index contributed by atoms with van der Waals surface area (Å²) in [6.45, 7) is 3.66. The summed E-state index contributed by atoms with van der Waals surface area (Å²) >= 11 is 0. The molecule has 0 bridgehead atoms. The third-order valence-corrected chi connectivity index (χ3v) is 3.06. The molecule has 18 heavy (non-hydrogen) atoms. The molecule has 1 aromatic carbocycles. The minimum Gasteiger partial charge on any atom is -0.469 e. The molecule has 0 radical (unpaired) electrons. The van der Waals surface area contributed by atoms with Crippen LogP contribution in [0.25, 0.3) is 0 Å². The molecular formula is C15H17FO2. The average molecular weight is 248 g/mol. The Morgan fingerprint density at radius 3 is 2.72 bits per heavy atom. The highest BCUT2D eigenvalue weighted by Gasteiger charge is 2.16. The van der Waals surface area contributed by atoms with E-state index in [0.717, 1.165) is 16.9 Å². The third-order valence-electron chi connectivity index (χ3n) is 3.06. The van der Waals surface area contributed by atoms with Gasteiger partial charge < -0.3 is 9.52 Å². The summed E-state index contributed by atoms with van der Waals surface area (Å²) in [5, 5.41) is 10.1. The van der Waals surface area contributed by atoms with Crippen LogP contribution < -0.4 is 0 Å². The van der Waals surface area contributed by atoms with Crippen LogP contribution in [0.4, 0.5) is 4.39 Å². The van der Waals surface area contributed by atoms with Crippen LogP contribution in [-0.4, -0.2) is 5.11 Å². The van der Waals surface area contributed by atoms with Gasteiger partial charge in [0.15, 0.2) is 0 Å². The van der Waals surface area contributed by atoms with Crippen molar-refractivity contribution >= 4 is 0 Å². The van der Waals surface area contributed by atoms with Gasteiger partial charge in [-0.05, 0) is 49.6 Å². The largest absolute Gasteiger partial charge is 0.469 e. The van der Waals surface area contributed by atoms with E-state index >= 15 is 0 Å². The summed E-state index contributed by atoms with van der Waals surface area (Å²) < 4.78 is 19.0. The smallest absolute Gasteiger partial charge is 0.129 e. The van der Waals surface area contributed by atoms with E-state index in [0.29, 0.717) is 18.4 Å². The fourth-order valence-corrected chi connectivity index (χ4v) is 2.23. The van der Waals surface area contributed by atoms with Gasteiger partial charge in [-0.25, -0.2) is 4.39 Å². The molecule has 1 aromatic heterocycles. The second-order valence-corrected chi connectivity index (χ2v) is 4.61. The quantitative estimate of drug-likeness (QED) is 0.895. The first-order chi connectivity index (χ1) is 8.58. The van der Waals surface area contributed by atoms with E-state index in [1.807, 2.05) is 26.0 Å². The zero-order chi connectivity index (χ0) is 13.1. The van der Waals surface area contributed by atoms with Crippen molar-refractivity contribution in [2.24, 2.45) is 0 Å². The fourth-order valence-electron chi connectivity index (χ4n) is 2.23. The van der Waals surface area contributed by atoms with E-state index < -0.39 is 6.10 Å². The van der Waals surface area contributed by atoms with Gasteiger partial charge in [-0.15, -0.1) is 0 Å². The van der Waals surface area contributed by atoms with E-state index in [2.05, 4.69) is 0 Å². The summed E-state index contributed by atoms with van der Waals surface area (Å²) in [7, 11) is 0. The molecule has 2 nitrogen and oxygen atoms in total. The number of aryl methyl sites for hydroxylation is 3. The molecule has 1 heterocycles. The Morgan fingerprint density at radius 2 is 2.11 bits per heavy atom. The standard InChI is InChI=1S/C15H17FO2/c1-10-8-11(2)15(13(16)9-10)14(17)6-5-12-4-3-7-18-12/h3-4,7-9,14,17H,5-6H2,1-2H3. The number of hydrogen-bond acceptors (Lipinski definition) is 2. The van der Waals surface area contributed by atoms with Gasteiger partial charge in [0.2, 0.25) is 0 Å². The number of rotatable bonds is 4. The van der Waals surface area contributed by atoms with Crippen molar-refractivity contribution in [2.45, 2.75) is 32.8 Å². The maximum atomic E-state index is 13.8. The van der Waals surface area contributed by atoms with Crippen molar-refractivity contribution in [1.82, 2.24) is 0 Å². The predicted molar refractivity (Wildman–Crippen MR) is 67.9 cm³/mol. The van der Waals surface area contributed by atoms with Crippen LogP contribution in [0, 0.1) is 19.7 Å². The van der Waals surface area contributed by atoms with Crippen LogP contribution in [-0.2, 0) is 6.42 Å². The van der Waals surface area contributed by atoms with Crippen molar-refractivity contribution in [3.8, 4) is 0 Å². The Bertz CT molecular complexity index is 494. The van der Waals surface area contributed by atoms with Crippen LogP contribution in [0.5, 0.6) is 0 Å². The summed E-state index contributed by atoms with van der Waals surface area (Å²) in [6, 6.07) is 7.00. The predicted octanol–water partition coefficient (Wildman–Crippen LogP) is 3.70. The maximum absolute atomic E-state index is 13.8. The van der Waals surface area contributed by atoms with Crippen molar-refractivity contribution < 1.29 is 13.9 Å². The van der Waals surface area contributed by atoms with Crippen molar-refractivity contribution in [3.63, 3.8) is 0 Å². The first kappa shape index (κ1) is 12.8. The van der Waals surface area contributed by atoms with E-state index in [1.165, 1.54) is 6.07 Å². The molecule has 2 aromatic rings. The highest BCUT2D eigenvalue weighted by molar-refractivity contribution is 5.33. The Hall–Kier alpha value is -1.61. The molecule has 0 saturated carbocycles. The molecule has 2 rings (SSSR count). The Labute approximate surface area is 106 Å². The minimum atomic E-state index is -0.796. The molecule has 0 aliphatic rings. The summed E-state index contributed by atoms with van der Waals surface area (Å²) in [6.07, 6.45) is 1.85. The van der Waals surface area contributed by atoms with Crippen LogP contribution in [0.1, 0.15) is 35.0 Å². The van der Waals surface area contributed by atoms with Crippen molar-refractivity contribution in [2.75, 3.05) is 0 Å². The number of furan rings is 1. The highest BCUT2D eigenvalue weighted by Crippen LogP contribution is 2.26. The zero-order valence-electron chi connectivity index (χ0n) is 10.6. The van der Waals surface area contributed by atoms with E-state index in [9.17, 15) is 9.50 Å². The highest BCUT2D eigenvalue weighted by atomic mass is 19.1. The summed E-state index contributed by atoms with van der Waals surface area (Å²) in [4.78, 5) is 0. The number of aliphatic hydroxyl groups is 1. The second kappa shape index (κ2) is 5.36. The van der Waals surface area contributed by atoms with Gasteiger partial charge in [-0.1, -0.05) is 6.07 Å². The fraction of sp³-hybridized carbons (Fsp3) is 0.333. The molecule has 1 unspecified atom stereocenters.